The molecule has 3 heteroatoms. The van der Waals surface area contributed by atoms with Crippen molar-refractivity contribution in [1.29, 1.82) is 0 Å². The van der Waals surface area contributed by atoms with Crippen LogP contribution >= 0.6 is 11.6 Å². The summed E-state index contributed by atoms with van der Waals surface area (Å²) < 4.78 is 0. The van der Waals surface area contributed by atoms with Gasteiger partial charge in [-0.2, -0.15) is 0 Å². The Labute approximate surface area is 129 Å². The molecule has 0 radical (unpaired) electrons. The van der Waals surface area contributed by atoms with Gasteiger partial charge in [0.05, 0.1) is 5.52 Å². The highest BCUT2D eigenvalue weighted by Gasteiger charge is 1.99. The Morgan fingerprint density at radius 1 is 0.952 bits per heavy atom. The van der Waals surface area contributed by atoms with Crippen LogP contribution in [0.5, 0.6) is 0 Å². The number of nitrogens with zero attached hydrogens (tertiary/aromatic N) is 1. The molecule has 2 nitrogen and oxygen atoms in total. The summed E-state index contributed by atoms with van der Waals surface area (Å²) in [6.07, 6.45) is 0. The number of nitrogens with one attached hydrogen (secondary N) is 1. The van der Waals surface area contributed by atoms with E-state index in [9.17, 15) is 0 Å². The van der Waals surface area contributed by atoms with E-state index in [0.717, 1.165) is 29.3 Å². The van der Waals surface area contributed by atoms with Gasteiger partial charge < -0.3 is 5.32 Å². The summed E-state index contributed by atoms with van der Waals surface area (Å²) in [6.45, 7) is 3.65. The van der Waals surface area contributed by atoms with Gasteiger partial charge in [-0.15, -0.1) is 0 Å². The average molecular weight is 297 g/mol. The molecule has 0 aliphatic rings. The summed E-state index contributed by atoms with van der Waals surface area (Å²) >= 11 is 5.98. The SMILES string of the molecule is Cc1ccc2cc(CNCc3cccc(Cl)c3)ccc2n1. The minimum absolute atomic E-state index is 0.779. The number of pyridine rings is 1. The molecule has 0 bridgehead atoms. The summed E-state index contributed by atoms with van der Waals surface area (Å²) in [5, 5.41) is 5.40. The van der Waals surface area contributed by atoms with Crippen LogP contribution in [0.4, 0.5) is 0 Å². The minimum Gasteiger partial charge on any atom is -0.309 e. The molecule has 21 heavy (non-hydrogen) atoms. The van der Waals surface area contributed by atoms with Crippen molar-refractivity contribution >= 4 is 22.5 Å². The largest absolute Gasteiger partial charge is 0.309 e. The molecule has 1 aromatic heterocycles. The summed E-state index contributed by atoms with van der Waals surface area (Å²) in [5.41, 5.74) is 4.55. The molecule has 0 fully saturated rings. The van der Waals surface area contributed by atoms with Crippen LogP contribution in [0.1, 0.15) is 16.8 Å². The van der Waals surface area contributed by atoms with Gasteiger partial charge in [0, 0.05) is 29.2 Å². The fraction of sp³-hybridized carbons (Fsp3) is 0.167. The number of hydrogen-bond donors (Lipinski definition) is 1. The molecule has 0 aliphatic carbocycles. The molecule has 2 aromatic carbocycles. The van der Waals surface area contributed by atoms with E-state index in [1.165, 1.54) is 16.5 Å². The van der Waals surface area contributed by atoms with Gasteiger partial charge in [-0.05, 0) is 48.4 Å². The second-order valence-electron chi connectivity index (χ2n) is 5.21. The van der Waals surface area contributed by atoms with Crippen molar-refractivity contribution in [2.75, 3.05) is 0 Å². The highest BCUT2D eigenvalue weighted by molar-refractivity contribution is 6.30. The van der Waals surface area contributed by atoms with E-state index in [1.54, 1.807) is 0 Å². The molecule has 0 amide bonds. The van der Waals surface area contributed by atoms with Crippen LogP contribution < -0.4 is 5.32 Å². The van der Waals surface area contributed by atoms with Crippen LogP contribution in [-0.4, -0.2) is 4.98 Å². The van der Waals surface area contributed by atoms with Crippen molar-refractivity contribution in [3.63, 3.8) is 0 Å². The van der Waals surface area contributed by atoms with Gasteiger partial charge in [0.1, 0.15) is 0 Å². The zero-order valence-corrected chi connectivity index (χ0v) is 12.7. The van der Waals surface area contributed by atoms with Gasteiger partial charge in [-0.25, -0.2) is 0 Å². The van der Waals surface area contributed by atoms with Gasteiger partial charge in [0.2, 0.25) is 0 Å². The van der Waals surface area contributed by atoms with Crippen LogP contribution in [0.25, 0.3) is 10.9 Å². The maximum Gasteiger partial charge on any atom is 0.0705 e. The molecule has 0 unspecified atom stereocenters. The maximum atomic E-state index is 5.98. The van der Waals surface area contributed by atoms with Crippen LogP contribution in [0.3, 0.4) is 0 Å². The van der Waals surface area contributed by atoms with E-state index in [1.807, 2.05) is 31.2 Å². The molecule has 0 saturated carbocycles. The van der Waals surface area contributed by atoms with Crippen LogP contribution in [0.15, 0.2) is 54.6 Å². The van der Waals surface area contributed by atoms with Crippen LogP contribution in [0, 0.1) is 6.92 Å². The van der Waals surface area contributed by atoms with Crippen LogP contribution in [-0.2, 0) is 13.1 Å². The fourth-order valence-corrected chi connectivity index (χ4v) is 2.60. The predicted molar refractivity (Wildman–Crippen MR) is 88.5 cm³/mol. The predicted octanol–water partition coefficient (Wildman–Crippen LogP) is 4.49. The van der Waals surface area contributed by atoms with Crippen molar-refractivity contribution < 1.29 is 0 Å². The highest BCUT2D eigenvalue weighted by atomic mass is 35.5. The van der Waals surface area contributed by atoms with E-state index in [2.05, 4.69) is 40.6 Å². The third-order valence-electron chi connectivity index (χ3n) is 3.44. The molecule has 3 aromatic rings. The van der Waals surface area contributed by atoms with Gasteiger partial charge in [0.15, 0.2) is 0 Å². The molecule has 1 heterocycles. The first kappa shape index (κ1) is 14.1. The zero-order chi connectivity index (χ0) is 14.7. The standard InChI is InChI=1S/C18H17ClN2/c1-13-5-7-16-9-15(6-8-18(16)21-13)12-20-11-14-3-2-4-17(19)10-14/h2-10,20H,11-12H2,1H3. The number of aryl methyl sites for hydroxylation is 1. The third-order valence-corrected chi connectivity index (χ3v) is 3.68. The van der Waals surface area contributed by atoms with E-state index in [0.29, 0.717) is 0 Å². The van der Waals surface area contributed by atoms with Crippen molar-refractivity contribution in [1.82, 2.24) is 10.3 Å². The number of hydrogen-bond acceptors (Lipinski definition) is 2. The Bertz CT molecular complexity index is 768. The minimum atomic E-state index is 0.779. The smallest absolute Gasteiger partial charge is 0.0705 e. The summed E-state index contributed by atoms with van der Waals surface area (Å²) in [6, 6.07) is 18.5. The molecule has 3 rings (SSSR count). The Morgan fingerprint density at radius 2 is 1.76 bits per heavy atom. The number of rotatable bonds is 4. The molecule has 0 saturated heterocycles. The van der Waals surface area contributed by atoms with Gasteiger partial charge in [-0.3, -0.25) is 4.98 Å². The number of halogens is 1. The van der Waals surface area contributed by atoms with Crippen molar-refractivity contribution in [3.05, 3.63) is 76.4 Å². The van der Waals surface area contributed by atoms with Gasteiger partial charge in [-0.1, -0.05) is 35.9 Å². The normalized spacial score (nSPS) is 11.0. The Morgan fingerprint density at radius 3 is 2.57 bits per heavy atom. The monoisotopic (exact) mass is 296 g/mol. The van der Waals surface area contributed by atoms with E-state index >= 15 is 0 Å². The molecular formula is C18H17ClN2. The first-order valence-corrected chi connectivity index (χ1v) is 7.40. The number of fused-ring (bicyclic) bond motifs is 1. The Balaban J connectivity index is 1.66. The number of aromatic nitrogens is 1. The Hall–Kier alpha value is -1.90. The fourth-order valence-electron chi connectivity index (χ4n) is 2.38. The topological polar surface area (TPSA) is 24.9 Å². The second-order valence-corrected chi connectivity index (χ2v) is 5.65. The van der Waals surface area contributed by atoms with Crippen LogP contribution in [0.2, 0.25) is 5.02 Å². The lowest BCUT2D eigenvalue weighted by molar-refractivity contribution is 0.694. The Kier molecular flexibility index (Phi) is 4.18. The van der Waals surface area contributed by atoms with E-state index < -0.39 is 0 Å². The summed E-state index contributed by atoms with van der Waals surface area (Å²) in [7, 11) is 0. The quantitative estimate of drug-likeness (QED) is 0.767. The summed E-state index contributed by atoms with van der Waals surface area (Å²) in [4.78, 5) is 4.52. The van der Waals surface area contributed by atoms with Gasteiger partial charge >= 0.3 is 0 Å². The second kappa shape index (κ2) is 6.25. The first-order chi connectivity index (χ1) is 10.2. The van der Waals surface area contributed by atoms with Crippen molar-refractivity contribution in [2.45, 2.75) is 20.0 Å². The van der Waals surface area contributed by atoms with E-state index in [-0.39, 0.29) is 0 Å². The third kappa shape index (κ3) is 3.60. The lowest BCUT2D eigenvalue weighted by Gasteiger charge is -2.07. The first-order valence-electron chi connectivity index (χ1n) is 7.02. The average Bonchev–Trinajstić information content (AvgIpc) is 2.47. The lowest BCUT2D eigenvalue weighted by Crippen LogP contribution is -2.12. The maximum absolute atomic E-state index is 5.98. The number of benzene rings is 2. The summed E-state index contributed by atoms with van der Waals surface area (Å²) in [5.74, 6) is 0. The zero-order valence-electron chi connectivity index (χ0n) is 11.9. The highest BCUT2D eigenvalue weighted by Crippen LogP contribution is 2.15. The van der Waals surface area contributed by atoms with Crippen molar-refractivity contribution in [2.24, 2.45) is 0 Å². The van der Waals surface area contributed by atoms with E-state index in [4.69, 9.17) is 11.6 Å². The lowest BCUT2D eigenvalue weighted by atomic mass is 10.1. The molecule has 0 atom stereocenters. The molecule has 0 aliphatic heterocycles. The molecule has 106 valence electrons. The molecular weight excluding hydrogens is 280 g/mol. The molecule has 0 spiro atoms. The van der Waals surface area contributed by atoms with Crippen molar-refractivity contribution in [3.8, 4) is 0 Å². The molecule has 1 N–H and O–H groups in total. The van der Waals surface area contributed by atoms with Gasteiger partial charge in [0.25, 0.3) is 0 Å².